The number of para-hydroxylation sites is 2. The van der Waals surface area contributed by atoms with E-state index in [0.29, 0.717) is 6.54 Å². The Bertz CT molecular complexity index is 639. The second-order valence-corrected chi connectivity index (χ2v) is 5.52. The number of aliphatic hydroxyl groups excluding tert-OH is 1. The van der Waals surface area contributed by atoms with Crippen LogP contribution < -0.4 is 15.5 Å². The molecule has 2 amide bonds. The molecule has 0 radical (unpaired) electrons. The quantitative estimate of drug-likeness (QED) is 0.768. The molecule has 2 rings (SSSR count). The maximum atomic E-state index is 12.0. The zero-order chi connectivity index (χ0) is 16.7. The summed E-state index contributed by atoms with van der Waals surface area (Å²) >= 11 is 0. The van der Waals surface area contributed by atoms with E-state index in [4.69, 9.17) is 5.11 Å². The second-order valence-electron chi connectivity index (χ2n) is 5.52. The summed E-state index contributed by atoms with van der Waals surface area (Å²) in [5, 5.41) is 14.7. The Hall–Kier alpha value is -2.53. The van der Waals surface area contributed by atoms with Crippen molar-refractivity contribution in [2.45, 2.75) is 13.0 Å². The summed E-state index contributed by atoms with van der Waals surface area (Å²) in [6.07, 6.45) is 0.744. The number of amides is 2. The summed E-state index contributed by atoms with van der Waals surface area (Å²) in [4.78, 5) is 14.0. The molecule has 0 aliphatic carbocycles. The minimum atomic E-state index is -0.216. The highest BCUT2D eigenvalue weighted by Gasteiger charge is 2.07. The molecule has 2 aromatic carbocycles. The Morgan fingerprint density at radius 1 is 1.04 bits per heavy atom. The maximum Gasteiger partial charge on any atom is 0.319 e. The number of hydrogen-bond donors (Lipinski definition) is 3. The van der Waals surface area contributed by atoms with Crippen molar-refractivity contribution < 1.29 is 9.90 Å². The number of anilines is 2. The molecular formula is C18H23N3O2. The van der Waals surface area contributed by atoms with Crippen molar-refractivity contribution in [3.8, 4) is 0 Å². The lowest BCUT2D eigenvalue weighted by atomic mass is 10.1. The Morgan fingerprint density at radius 3 is 2.35 bits per heavy atom. The highest BCUT2D eigenvalue weighted by Crippen LogP contribution is 2.23. The Morgan fingerprint density at radius 2 is 1.70 bits per heavy atom. The molecule has 122 valence electrons. The summed E-state index contributed by atoms with van der Waals surface area (Å²) in [6.45, 7) is 0.598. The number of carbonyl (C=O) groups is 1. The van der Waals surface area contributed by atoms with Gasteiger partial charge in [0, 0.05) is 20.6 Å². The van der Waals surface area contributed by atoms with Gasteiger partial charge in [0.05, 0.1) is 18.0 Å². The van der Waals surface area contributed by atoms with Crippen LogP contribution in [0.1, 0.15) is 11.1 Å². The molecule has 0 aliphatic rings. The molecule has 5 heteroatoms. The van der Waals surface area contributed by atoms with Gasteiger partial charge >= 0.3 is 6.03 Å². The molecule has 23 heavy (non-hydrogen) atoms. The van der Waals surface area contributed by atoms with Gasteiger partial charge in [0.25, 0.3) is 0 Å². The van der Waals surface area contributed by atoms with E-state index in [9.17, 15) is 4.79 Å². The first-order valence-corrected chi connectivity index (χ1v) is 7.60. The van der Waals surface area contributed by atoms with Gasteiger partial charge in [0.2, 0.25) is 0 Å². The zero-order valence-electron chi connectivity index (χ0n) is 13.5. The standard InChI is InChI=1S/C18H23N3O2/c1-21(2)17-6-4-3-5-16(17)20-18(23)19-12-11-14-7-9-15(13-22)10-8-14/h3-10,22H,11-13H2,1-2H3,(H2,19,20,23). The number of carbonyl (C=O) groups excluding carboxylic acids is 1. The van der Waals surface area contributed by atoms with Crippen molar-refractivity contribution in [2.75, 3.05) is 30.9 Å². The molecule has 0 unspecified atom stereocenters. The van der Waals surface area contributed by atoms with Gasteiger partial charge in [-0.05, 0) is 29.7 Å². The predicted molar refractivity (Wildman–Crippen MR) is 93.9 cm³/mol. The fraction of sp³-hybridized carbons (Fsp3) is 0.278. The maximum absolute atomic E-state index is 12.0. The van der Waals surface area contributed by atoms with E-state index >= 15 is 0 Å². The number of hydrogen-bond acceptors (Lipinski definition) is 3. The molecule has 0 aromatic heterocycles. The average Bonchev–Trinajstić information content (AvgIpc) is 2.56. The molecule has 5 nitrogen and oxygen atoms in total. The fourth-order valence-electron chi connectivity index (χ4n) is 2.27. The summed E-state index contributed by atoms with van der Waals surface area (Å²) in [7, 11) is 3.88. The summed E-state index contributed by atoms with van der Waals surface area (Å²) in [5.74, 6) is 0. The summed E-state index contributed by atoms with van der Waals surface area (Å²) in [5.41, 5.74) is 3.75. The largest absolute Gasteiger partial charge is 0.392 e. The van der Waals surface area contributed by atoms with E-state index in [-0.39, 0.29) is 12.6 Å². The van der Waals surface area contributed by atoms with E-state index in [2.05, 4.69) is 10.6 Å². The average molecular weight is 313 g/mol. The van der Waals surface area contributed by atoms with Crippen molar-refractivity contribution in [2.24, 2.45) is 0 Å². The van der Waals surface area contributed by atoms with Crippen LogP contribution in [0, 0.1) is 0 Å². The van der Waals surface area contributed by atoms with E-state index < -0.39 is 0 Å². The fourth-order valence-corrected chi connectivity index (χ4v) is 2.27. The lowest BCUT2D eigenvalue weighted by molar-refractivity contribution is 0.252. The first-order chi connectivity index (χ1) is 11.1. The number of nitrogens with one attached hydrogen (secondary N) is 2. The molecule has 0 aliphatic heterocycles. The third kappa shape index (κ3) is 5.00. The van der Waals surface area contributed by atoms with Crippen molar-refractivity contribution in [3.63, 3.8) is 0 Å². The Balaban J connectivity index is 1.83. The van der Waals surface area contributed by atoms with Crippen LogP contribution in [0.15, 0.2) is 48.5 Å². The monoisotopic (exact) mass is 313 g/mol. The second kappa shape index (κ2) is 8.19. The first-order valence-electron chi connectivity index (χ1n) is 7.60. The number of urea groups is 1. The smallest absolute Gasteiger partial charge is 0.319 e. The van der Waals surface area contributed by atoms with Crippen LogP contribution in [0.3, 0.4) is 0 Å². The molecule has 0 bridgehead atoms. The van der Waals surface area contributed by atoms with Crippen LogP contribution in [-0.2, 0) is 13.0 Å². The molecule has 2 aromatic rings. The lowest BCUT2D eigenvalue weighted by Crippen LogP contribution is -2.31. The molecule has 0 fully saturated rings. The van der Waals surface area contributed by atoms with Crippen LogP contribution in [0.4, 0.5) is 16.2 Å². The highest BCUT2D eigenvalue weighted by molar-refractivity contribution is 5.93. The lowest BCUT2D eigenvalue weighted by Gasteiger charge is -2.17. The van der Waals surface area contributed by atoms with Gasteiger partial charge in [-0.25, -0.2) is 4.79 Å². The minimum absolute atomic E-state index is 0.0478. The normalized spacial score (nSPS) is 10.2. The van der Waals surface area contributed by atoms with Crippen LogP contribution >= 0.6 is 0 Å². The van der Waals surface area contributed by atoms with Gasteiger partial charge in [-0.15, -0.1) is 0 Å². The van der Waals surface area contributed by atoms with Crippen molar-refractivity contribution in [1.29, 1.82) is 0 Å². The molecule has 0 atom stereocenters. The third-order valence-corrected chi connectivity index (χ3v) is 3.54. The van der Waals surface area contributed by atoms with Crippen molar-refractivity contribution in [1.82, 2.24) is 5.32 Å². The number of nitrogens with zero attached hydrogens (tertiary/aromatic N) is 1. The van der Waals surface area contributed by atoms with Crippen LogP contribution in [0.5, 0.6) is 0 Å². The third-order valence-electron chi connectivity index (χ3n) is 3.54. The number of rotatable bonds is 6. The van der Waals surface area contributed by atoms with Crippen molar-refractivity contribution in [3.05, 3.63) is 59.7 Å². The SMILES string of the molecule is CN(C)c1ccccc1NC(=O)NCCc1ccc(CO)cc1. The van der Waals surface area contributed by atoms with Crippen LogP contribution in [0.2, 0.25) is 0 Å². The summed E-state index contributed by atoms with van der Waals surface area (Å²) in [6, 6.07) is 15.2. The molecule has 0 saturated carbocycles. The van der Waals surface area contributed by atoms with E-state index in [1.54, 1.807) is 0 Å². The van der Waals surface area contributed by atoms with E-state index in [1.165, 1.54) is 0 Å². The zero-order valence-corrected chi connectivity index (χ0v) is 13.5. The molecule has 0 saturated heterocycles. The first kappa shape index (κ1) is 16.8. The minimum Gasteiger partial charge on any atom is -0.392 e. The number of benzene rings is 2. The van der Waals surface area contributed by atoms with Crippen LogP contribution in [0.25, 0.3) is 0 Å². The van der Waals surface area contributed by atoms with Gasteiger partial charge in [0.1, 0.15) is 0 Å². The Labute approximate surface area is 136 Å². The van der Waals surface area contributed by atoms with Gasteiger partial charge in [-0.1, -0.05) is 36.4 Å². The van der Waals surface area contributed by atoms with Crippen LogP contribution in [-0.4, -0.2) is 31.8 Å². The van der Waals surface area contributed by atoms with E-state index in [0.717, 1.165) is 28.9 Å². The predicted octanol–water partition coefficient (Wildman–Crippen LogP) is 2.61. The Kier molecular flexibility index (Phi) is 6.00. The van der Waals surface area contributed by atoms with Gasteiger partial charge in [-0.3, -0.25) is 0 Å². The van der Waals surface area contributed by atoms with Gasteiger partial charge in [0.15, 0.2) is 0 Å². The molecule has 0 spiro atoms. The van der Waals surface area contributed by atoms with E-state index in [1.807, 2.05) is 67.5 Å². The summed E-state index contributed by atoms with van der Waals surface area (Å²) < 4.78 is 0. The van der Waals surface area contributed by atoms with Gasteiger partial charge < -0.3 is 20.6 Å². The van der Waals surface area contributed by atoms with Crippen molar-refractivity contribution >= 4 is 17.4 Å². The molecule has 3 N–H and O–H groups in total. The molecule has 0 heterocycles. The highest BCUT2D eigenvalue weighted by atomic mass is 16.3. The van der Waals surface area contributed by atoms with Gasteiger partial charge in [-0.2, -0.15) is 0 Å². The topological polar surface area (TPSA) is 64.6 Å². The number of aliphatic hydroxyl groups is 1. The molecular weight excluding hydrogens is 290 g/mol.